The molecule has 1 amide bonds. The molecule has 0 aliphatic rings. The van der Waals surface area contributed by atoms with Gasteiger partial charge in [-0.2, -0.15) is 0 Å². The third-order valence-corrected chi connectivity index (χ3v) is 5.81. The Kier molecular flexibility index (Phi) is 5.76. The van der Waals surface area contributed by atoms with Crippen LogP contribution in [0.15, 0.2) is 46.7 Å². The van der Waals surface area contributed by atoms with E-state index in [4.69, 9.17) is 4.74 Å². The molecule has 2 rings (SSSR count). The van der Waals surface area contributed by atoms with Crippen molar-refractivity contribution in [1.82, 2.24) is 4.31 Å². The summed E-state index contributed by atoms with van der Waals surface area (Å²) in [6, 6.07) is 8.26. The number of rotatable bonds is 6. The average Bonchev–Trinajstić information content (AvgIpc) is 3.06. The highest BCUT2D eigenvalue weighted by Crippen LogP contribution is 2.28. The third kappa shape index (κ3) is 4.22. The van der Waals surface area contributed by atoms with E-state index in [1.807, 2.05) is 17.5 Å². The number of amides is 1. The molecule has 6 nitrogen and oxygen atoms in total. The standard InChI is InChI=1S/C16H18N2O4S2/c1-18(2)24(20,21)15-11-12(6-8-14(15)22-3)17-16(19)9-7-13-5-4-10-23-13/h4-11H,1-3H3,(H,17,19)/b9-7+. The molecule has 0 bridgehead atoms. The quantitative estimate of drug-likeness (QED) is 0.798. The van der Waals surface area contributed by atoms with Crippen molar-refractivity contribution in [2.75, 3.05) is 26.5 Å². The molecule has 2 aromatic rings. The Morgan fingerprint density at radius 1 is 1.29 bits per heavy atom. The van der Waals surface area contributed by atoms with Crippen LogP contribution in [0.3, 0.4) is 0 Å². The van der Waals surface area contributed by atoms with E-state index in [1.165, 1.54) is 50.8 Å². The van der Waals surface area contributed by atoms with Gasteiger partial charge in [-0.25, -0.2) is 12.7 Å². The van der Waals surface area contributed by atoms with Gasteiger partial charge in [0.1, 0.15) is 10.6 Å². The average molecular weight is 366 g/mol. The Morgan fingerprint density at radius 3 is 2.62 bits per heavy atom. The lowest BCUT2D eigenvalue weighted by Gasteiger charge is -2.15. The zero-order chi connectivity index (χ0) is 17.7. The molecule has 0 saturated carbocycles. The summed E-state index contributed by atoms with van der Waals surface area (Å²) in [5, 5.41) is 4.56. The van der Waals surface area contributed by atoms with Crippen LogP contribution >= 0.6 is 11.3 Å². The molecule has 0 unspecified atom stereocenters. The number of methoxy groups -OCH3 is 1. The van der Waals surface area contributed by atoms with Gasteiger partial charge in [-0.05, 0) is 35.7 Å². The number of ether oxygens (including phenoxy) is 1. The molecular formula is C16H18N2O4S2. The number of carbonyl (C=O) groups is 1. The largest absolute Gasteiger partial charge is 0.495 e. The second-order valence-electron chi connectivity index (χ2n) is 4.99. The second-order valence-corrected chi connectivity index (χ2v) is 8.09. The van der Waals surface area contributed by atoms with Gasteiger partial charge >= 0.3 is 0 Å². The Balaban J connectivity index is 2.24. The van der Waals surface area contributed by atoms with Crippen molar-refractivity contribution in [3.05, 3.63) is 46.7 Å². The van der Waals surface area contributed by atoms with Crippen molar-refractivity contribution >= 4 is 39.0 Å². The van der Waals surface area contributed by atoms with E-state index in [0.29, 0.717) is 5.69 Å². The number of hydrogen-bond donors (Lipinski definition) is 1. The predicted molar refractivity (Wildman–Crippen MR) is 95.8 cm³/mol. The Labute approximate surface area is 145 Å². The third-order valence-electron chi connectivity index (χ3n) is 3.13. The number of hydrogen-bond acceptors (Lipinski definition) is 5. The van der Waals surface area contributed by atoms with Crippen molar-refractivity contribution in [3.8, 4) is 5.75 Å². The van der Waals surface area contributed by atoms with Crippen molar-refractivity contribution < 1.29 is 17.9 Å². The van der Waals surface area contributed by atoms with Crippen LogP contribution in [-0.4, -0.2) is 39.8 Å². The fraction of sp³-hybridized carbons (Fsp3) is 0.188. The first-order chi connectivity index (χ1) is 11.3. The predicted octanol–water partition coefficient (Wildman–Crippen LogP) is 2.66. The molecular weight excluding hydrogens is 348 g/mol. The summed E-state index contributed by atoms with van der Waals surface area (Å²) in [6.45, 7) is 0. The van der Waals surface area contributed by atoms with E-state index in [0.717, 1.165) is 9.18 Å². The van der Waals surface area contributed by atoms with E-state index >= 15 is 0 Å². The number of nitrogens with zero attached hydrogens (tertiary/aromatic N) is 1. The maximum Gasteiger partial charge on any atom is 0.248 e. The first-order valence-corrected chi connectivity index (χ1v) is 9.29. The highest BCUT2D eigenvalue weighted by atomic mass is 32.2. The molecule has 1 aromatic heterocycles. The van der Waals surface area contributed by atoms with Crippen molar-refractivity contribution in [2.45, 2.75) is 4.90 Å². The number of thiophene rings is 1. The smallest absolute Gasteiger partial charge is 0.248 e. The fourth-order valence-corrected chi connectivity index (χ4v) is 3.57. The molecule has 24 heavy (non-hydrogen) atoms. The van der Waals surface area contributed by atoms with Crippen LogP contribution in [0.2, 0.25) is 0 Å². The SMILES string of the molecule is COc1ccc(NC(=O)/C=C/c2cccs2)cc1S(=O)(=O)N(C)C. The van der Waals surface area contributed by atoms with E-state index in [1.54, 1.807) is 12.1 Å². The number of carbonyl (C=O) groups excluding carboxylic acids is 1. The monoisotopic (exact) mass is 366 g/mol. The number of nitrogens with one attached hydrogen (secondary N) is 1. The maximum atomic E-state index is 12.4. The molecule has 0 aliphatic heterocycles. The van der Waals surface area contributed by atoms with Gasteiger partial charge in [0, 0.05) is 30.7 Å². The van der Waals surface area contributed by atoms with Gasteiger partial charge in [0.05, 0.1) is 7.11 Å². The number of benzene rings is 1. The van der Waals surface area contributed by atoms with Gasteiger partial charge in [0.25, 0.3) is 0 Å². The lowest BCUT2D eigenvalue weighted by atomic mass is 10.3. The lowest BCUT2D eigenvalue weighted by Crippen LogP contribution is -2.23. The number of sulfonamides is 1. The Morgan fingerprint density at radius 2 is 2.04 bits per heavy atom. The molecule has 1 aromatic carbocycles. The maximum absolute atomic E-state index is 12.4. The van der Waals surface area contributed by atoms with E-state index in [9.17, 15) is 13.2 Å². The first kappa shape index (κ1) is 18.2. The van der Waals surface area contributed by atoms with E-state index in [-0.39, 0.29) is 16.6 Å². The minimum absolute atomic E-state index is 0.00460. The van der Waals surface area contributed by atoms with Crippen LogP contribution in [0.5, 0.6) is 5.75 Å². The summed E-state index contributed by atoms with van der Waals surface area (Å²) in [4.78, 5) is 12.9. The van der Waals surface area contributed by atoms with Gasteiger partial charge in [-0.15, -0.1) is 11.3 Å². The summed E-state index contributed by atoms with van der Waals surface area (Å²) in [6.07, 6.45) is 3.09. The summed E-state index contributed by atoms with van der Waals surface area (Å²) in [5.41, 5.74) is 0.372. The Hall–Kier alpha value is -2.16. The highest BCUT2D eigenvalue weighted by molar-refractivity contribution is 7.89. The minimum Gasteiger partial charge on any atom is -0.495 e. The van der Waals surface area contributed by atoms with Crippen LogP contribution in [0.4, 0.5) is 5.69 Å². The topological polar surface area (TPSA) is 75.7 Å². The molecule has 1 N–H and O–H groups in total. The van der Waals surface area contributed by atoms with E-state index < -0.39 is 10.0 Å². The molecule has 0 saturated heterocycles. The molecule has 0 radical (unpaired) electrons. The summed E-state index contributed by atoms with van der Waals surface area (Å²) >= 11 is 1.52. The van der Waals surface area contributed by atoms with Crippen LogP contribution in [0.25, 0.3) is 6.08 Å². The van der Waals surface area contributed by atoms with Crippen molar-refractivity contribution in [3.63, 3.8) is 0 Å². The van der Waals surface area contributed by atoms with Crippen molar-refractivity contribution in [2.24, 2.45) is 0 Å². The van der Waals surface area contributed by atoms with Gasteiger partial charge in [0.15, 0.2) is 0 Å². The molecule has 1 heterocycles. The zero-order valence-electron chi connectivity index (χ0n) is 13.5. The van der Waals surface area contributed by atoms with Crippen LogP contribution in [-0.2, 0) is 14.8 Å². The lowest BCUT2D eigenvalue weighted by molar-refractivity contribution is -0.111. The van der Waals surface area contributed by atoms with Crippen LogP contribution < -0.4 is 10.1 Å². The molecule has 8 heteroatoms. The highest BCUT2D eigenvalue weighted by Gasteiger charge is 2.22. The minimum atomic E-state index is -3.69. The summed E-state index contributed by atoms with van der Waals surface area (Å²) in [5.74, 6) is -0.127. The van der Waals surface area contributed by atoms with Crippen molar-refractivity contribution in [1.29, 1.82) is 0 Å². The molecule has 0 aliphatic carbocycles. The normalized spacial score (nSPS) is 11.8. The first-order valence-electron chi connectivity index (χ1n) is 6.97. The molecule has 0 spiro atoms. The van der Waals surface area contributed by atoms with Gasteiger partial charge < -0.3 is 10.1 Å². The fourth-order valence-electron chi connectivity index (χ4n) is 1.88. The van der Waals surface area contributed by atoms with Crippen LogP contribution in [0.1, 0.15) is 4.88 Å². The summed E-state index contributed by atoms with van der Waals surface area (Å²) in [7, 11) is 0.579. The zero-order valence-corrected chi connectivity index (χ0v) is 15.1. The number of anilines is 1. The van der Waals surface area contributed by atoms with Gasteiger partial charge in [0.2, 0.25) is 15.9 Å². The van der Waals surface area contributed by atoms with Gasteiger partial charge in [-0.3, -0.25) is 4.79 Å². The second kappa shape index (κ2) is 7.61. The molecule has 0 fully saturated rings. The summed E-state index contributed by atoms with van der Waals surface area (Å²) < 4.78 is 30.9. The van der Waals surface area contributed by atoms with E-state index in [2.05, 4.69) is 5.32 Å². The van der Waals surface area contributed by atoms with Gasteiger partial charge in [-0.1, -0.05) is 6.07 Å². The molecule has 128 valence electrons. The Bertz CT molecular complexity index is 841. The van der Waals surface area contributed by atoms with Crippen LogP contribution in [0, 0.1) is 0 Å². The molecule has 0 atom stereocenters.